The monoisotopic (exact) mass is 309 g/mol. The van der Waals surface area contributed by atoms with Gasteiger partial charge in [0.25, 0.3) is 0 Å². The quantitative estimate of drug-likeness (QED) is 0.810. The van der Waals surface area contributed by atoms with E-state index < -0.39 is 6.10 Å². The summed E-state index contributed by atoms with van der Waals surface area (Å²) >= 11 is 8.97. The molecule has 2 unspecified atom stereocenters. The van der Waals surface area contributed by atoms with Gasteiger partial charge in [-0.05, 0) is 34.5 Å². The summed E-state index contributed by atoms with van der Waals surface area (Å²) < 4.78 is 5.67. The Morgan fingerprint density at radius 3 is 2.94 bits per heavy atom. The van der Waals surface area contributed by atoms with Gasteiger partial charge in [0.15, 0.2) is 0 Å². The van der Waals surface area contributed by atoms with Crippen LogP contribution in [0, 0.1) is 0 Å². The molecule has 0 aliphatic rings. The van der Waals surface area contributed by atoms with E-state index in [0.29, 0.717) is 16.9 Å². The van der Waals surface area contributed by atoms with Crippen LogP contribution in [0.3, 0.4) is 0 Å². The fraction of sp³-hybridized carbons (Fsp3) is 0.556. The van der Waals surface area contributed by atoms with Crippen LogP contribution in [0.4, 0.5) is 5.82 Å². The molecule has 5 nitrogen and oxygen atoms in total. The number of aliphatic hydroxyl groups excluding tert-OH is 1. The standard InChI is InChI=1S/C9H13BrClN3O2/c1-5(15)7(4-16-2)13-8-6(10)3-12-9(11)14-8/h3,5,7,15H,4H2,1-2H3,(H,12,13,14). The van der Waals surface area contributed by atoms with Crippen molar-refractivity contribution in [2.75, 3.05) is 19.0 Å². The minimum absolute atomic E-state index is 0.146. The van der Waals surface area contributed by atoms with Crippen molar-refractivity contribution in [1.82, 2.24) is 9.97 Å². The van der Waals surface area contributed by atoms with E-state index in [1.165, 1.54) is 0 Å². The van der Waals surface area contributed by atoms with E-state index in [-0.39, 0.29) is 11.3 Å². The largest absolute Gasteiger partial charge is 0.391 e. The molecule has 0 saturated carbocycles. The van der Waals surface area contributed by atoms with Crippen LogP contribution in [0.25, 0.3) is 0 Å². The molecule has 0 fully saturated rings. The first-order valence-corrected chi connectivity index (χ1v) is 5.83. The van der Waals surface area contributed by atoms with Crippen molar-refractivity contribution < 1.29 is 9.84 Å². The van der Waals surface area contributed by atoms with E-state index in [1.54, 1.807) is 20.2 Å². The normalized spacial score (nSPS) is 14.6. The Morgan fingerprint density at radius 2 is 2.38 bits per heavy atom. The molecular formula is C9H13BrClN3O2. The summed E-state index contributed by atoms with van der Waals surface area (Å²) in [6, 6.07) is -0.257. The maximum atomic E-state index is 9.53. The maximum absolute atomic E-state index is 9.53. The number of aromatic nitrogens is 2. The first-order chi connectivity index (χ1) is 7.54. The smallest absolute Gasteiger partial charge is 0.224 e. The molecule has 0 aromatic carbocycles. The highest BCUT2D eigenvalue weighted by atomic mass is 79.9. The Bertz CT molecular complexity index is 352. The minimum Gasteiger partial charge on any atom is -0.391 e. The fourth-order valence-electron chi connectivity index (χ4n) is 1.10. The molecule has 0 spiro atoms. The number of nitrogens with zero attached hydrogens (tertiary/aromatic N) is 2. The number of aliphatic hydroxyl groups is 1. The van der Waals surface area contributed by atoms with Gasteiger partial charge in [-0.25, -0.2) is 4.98 Å². The van der Waals surface area contributed by atoms with Gasteiger partial charge < -0.3 is 15.2 Å². The van der Waals surface area contributed by atoms with Crippen molar-refractivity contribution in [3.8, 4) is 0 Å². The summed E-state index contributed by atoms with van der Waals surface area (Å²) in [5.41, 5.74) is 0. The van der Waals surface area contributed by atoms with Gasteiger partial charge in [-0.3, -0.25) is 0 Å². The van der Waals surface area contributed by atoms with Crippen LogP contribution < -0.4 is 5.32 Å². The van der Waals surface area contributed by atoms with Gasteiger partial charge in [-0.1, -0.05) is 0 Å². The van der Waals surface area contributed by atoms with Crippen molar-refractivity contribution in [3.63, 3.8) is 0 Å². The summed E-state index contributed by atoms with van der Waals surface area (Å²) in [7, 11) is 1.57. The Hall–Kier alpha value is -0.430. The lowest BCUT2D eigenvalue weighted by Gasteiger charge is -2.21. The zero-order chi connectivity index (χ0) is 12.1. The number of hydrogen-bond acceptors (Lipinski definition) is 5. The van der Waals surface area contributed by atoms with Crippen molar-refractivity contribution in [2.45, 2.75) is 19.1 Å². The summed E-state index contributed by atoms with van der Waals surface area (Å²) in [6.07, 6.45) is 0.976. The Balaban J connectivity index is 2.80. The molecule has 90 valence electrons. The average Bonchev–Trinajstić information content (AvgIpc) is 2.22. The second-order valence-corrected chi connectivity index (χ2v) is 4.47. The van der Waals surface area contributed by atoms with Crippen LogP contribution in [-0.4, -0.2) is 40.9 Å². The number of ether oxygens (including phenoxy) is 1. The number of nitrogens with one attached hydrogen (secondary N) is 1. The van der Waals surface area contributed by atoms with E-state index in [2.05, 4.69) is 31.2 Å². The van der Waals surface area contributed by atoms with Gasteiger partial charge in [0.05, 0.1) is 23.2 Å². The molecule has 1 rings (SSSR count). The highest BCUT2D eigenvalue weighted by Gasteiger charge is 2.16. The van der Waals surface area contributed by atoms with Crippen LogP contribution in [-0.2, 0) is 4.74 Å². The molecule has 2 atom stereocenters. The molecule has 0 radical (unpaired) electrons. The first-order valence-electron chi connectivity index (χ1n) is 4.66. The predicted molar refractivity (Wildman–Crippen MR) is 65.7 cm³/mol. The average molecular weight is 311 g/mol. The zero-order valence-electron chi connectivity index (χ0n) is 8.94. The van der Waals surface area contributed by atoms with Crippen LogP contribution >= 0.6 is 27.5 Å². The Kier molecular flexibility index (Phi) is 5.40. The van der Waals surface area contributed by atoms with Gasteiger partial charge in [0, 0.05) is 13.3 Å². The fourth-order valence-corrected chi connectivity index (χ4v) is 1.54. The van der Waals surface area contributed by atoms with E-state index in [4.69, 9.17) is 16.3 Å². The van der Waals surface area contributed by atoms with E-state index in [9.17, 15) is 5.11 Å². The van der Waals surface area contributed by atoms with Gasteiger partial charge in [0.1, 0.15) is 5.82 Å². The van der Waals surface area contributed by atoms with E-state index in [0.717, 1.165) is 0 Å². The molecule has 0 aliphatic carbocycles. The van der Waals surface area contributed by atoms with Crippen molar-refractivity contribution >= 4 is 33.3 Å². The second kappa shape index (κ2) is 6.34. The molecule has 0 amide bonds. The summed E-state index contributed by atoms with van der Waals surface area (Å²) in [5, 5.41) is 12.7. The molecule has 1 heterocycles. The lowest BCUT2D eigenvalue weighted by molar-refractivity contribution is 0.106. The molecular weight excluding hydrogens is 297 g/mol. The lowest BCUT2D eigenvalue weighted by atomic mass is 10.2. The van der Waals surface area contributed by atoms with Gasteiger partial charge in [0.2, 0.25) is 5.28 Å². The third-order valence-electron chi connectivity index (χ3n) is 1.97. The van der Waals surface area contributed by atoms with Gasteiger partial charge in [-0.2, -0.15) is 4.98 Å². The molecule has 2 N–H and O–H groups in total. The molecule has 7 heteroatoms. The molecule has 0 bridgehead atoms. The van der Waals surface area contributed by atoms with Crippen LogP contribution in [0.1, 0.15) is 6.92 Å². The molecule has 0 aliphatic heterocycles. The van der Waals surface area contributed by atoms with Crippen LogP contribution in [0.2, 0.25) is 5.28 Å². The van der Waals surface area contributed by atoms with E-state index >= 15 is 0 Å². The van der Waals surface area contributed by atoms with Crippen LogP contribution in [0.15, 0.2) is 10.7 Å². The summed E-state index contributed by atoms with van der Waals surface area (Å²) in [4.78, 5) is 7.82. The Morgan fingerprint density at radius 1 is 1.69 bits per heavy atom. The number of methoxy groups -OCH3 is 1. The second-order valence-electron chi connectivity index (χ2n) is 3.28. The van der Waals surface area contributed by atoms with Gasteiger partial charge in [-0.15, -0.1) is 0 Å². The third-order valence-corrected chi connectivity index (χ3v) is 2.73. The Labute approximate surface area is 107 Å². The maximum Gasteiger partial charge on any atom is 0.224 e. The molecule has 0 saturated heterocycles. The van der Waals surface area contributed by atoms with Crippen molar-refractivity contribution in [3.05, 3.63) is 16.0 Å². The van der Waals surface area contributed by atoms with Crippen LogP contribution in [0.5, 0.6) is 0 Å². The highest BCUT2D eigenvalue weighted by Crippen LogP contribution is 2.21. The molecule has 1 aromatic rings. The highest BCUT2D eigenvalue weighted by molar-refractivity contribution is 9.10. The van der Waals surface area contributed by atoms with Crippen molar-refractivity contribution in [2.24, 2.45) is 0 Å². The zero-order valence-corrected chi connectivity index (χ0v) is 11.3. The van der Waals surface area contributed by atoms with E-state index in [1.807, 2.05) is 0 Å². The number of hydrogen-bond donors (Lipinski definition) is 2. The molecule has 1 aromatic heterocycles. The number of rotatable bonds is 5. The summed E-state index contributed by atoms with van der Waals surface area (Å²) in [5.74, 6) is 0.531. The molecule has 16 heavy (non-hydrogen) atoms. The first kappa shape index (κ1) is 13.6. The topological polar surface area (TPSA) is 67.3 Å². The van der Waals surface area contributed by atoms with Crippen molar-refractivity contribution in [1.29, 1.82) is 0 Å². The van der Waals surface area contributed by atoms with Gasteiger partial charge >= 0.3 is 0 Å². The lowest BCUT2D eigenvalue weighted by Crippen LogP contribution is -2.36. The SMILES string of the molecule is COCC(Nc1nc(Cl)ncc1Br)C(C)O. The minimum atomic E-state index is -0.569. The predicted octanol–water partition coefficient (Wildman–Crippen LogP) is 1.70. The number of anilines is 1. The third kappa shape index (κ3) is 3.86. The summed E-state index contributed by atoms with van der Waals surface area (Å²) in [6.45, 7) is 2.04. The number of halogens is 2.